The molecule has 1 N–H and O–H groups in total. The molecule has 0 atom stereocenters. The fraction of sp³-hybridized carbons (Fsp3) is 0.600. The molecule has 1 fully saturated rings. The van der Waals surface area contributed by atoms with E-state index in [2.05, 4.69) is 11.9 Å². The van der Waals surface area contributed by atoms with E-state index in [4.69, 9.17) is 0 Å². The second-order valence-corrected chi connectivity index (χ2v) is 5.21. The van der Waals surface area contributed by atoms with Crippen LogP contribution in [0.25, 0.3) is 0 Å². The van der Waals surface area contributed by atoms with E-state index >= 15 is 0 Å². The van der Waals surface area contributed by atoms with Crippen molar-refractivity contribution in [2.75, 3.05) is 0 Å². The van der Waals surface area contributed by atoms with Crippen LogP contribution in [0.15, 0.2) is 11.7 Å². The van der Waals surface area contributed by atoms with Crippen LogP contribution in [0.5, 0.6) is 0 Å². The Bertz CT molecular complexity index is 328. The molecule has 1 heterocycles. The lowest BCUT2D eigenvalue weighted by Crippen LogP contribution is -2.44. The summed E-state index contributed by atoms with van der Waals surface area (Å²) in [6.07, 6.45) is 4.04. The maximum absolute atomic E-state index is 11.2. The molecule has 3 nitrogen and oxygen atoms in total. The first-order chi connectivity index (χ1) is 6.62. The molecule has 1 aromatic rings. The third-order valence-electron chi connectivity index (χ3n) is 2.93. The van der Waals surface area contributed by atoms with E-state index in [1.165, 1.54) is 0 Å². The number of aromatic nitrogens is 1. The van der Waals surface area contributed by atoms with E-state index in [9.17, 15) is 9.90 Å². The van der Waals surface area contributed by atoms with Crippen molar-refractivity contribution in [1.82, 2.24) is 4.98 Å². The molecule has 0 saturated heterocycles. The summed E-state index contributed by atoms with van der Waals surface area (Å²) in [4.78, 5) is 16.2. The van der Waals surface area contributed by atoms with Crippen molar-refractivity contribution >= 4 is 17.3 Å². The monoisotopic (exact) mass is 211 g/mol. The van der Waals surface area contributed by atoms with Crippen LogP contribution in [-0.4, -0.2) is 16.1 Å². The summed E-state index contributed by atoms with van der Waals surface area (Å²) in [5, 5.41) is 9.18. The Kier molecular flexibility index (Phi) is 2.31. The molecule has 0 unspecified atom stereocenters. The molecule has 1 saturated carbocycles. The number of thiazole rings is 1. The SMILES string of the molecule is CC1CC(Cc2cncs2)(C(=O)O)C1. The summed E-state index contributed by atoms with van der Waals surface area (Å²) >= 11 is 1.54. The average Bonchev–Trinajstić information content (AvgIpc) is 2.53. The number of carboxylic acids is 1. The number of nitrogens with zero attached hydrogens (tertiary/aromatic N) is 1. The van der Waals surface area contributed by atoms with Gasteiger partial charge in [0, 0.05) is 11.1 Å². The number of hydrogen-bond donors (Lipinski definition) is 1. The maximum atomic E-state index is 11.2. The first-order valence-electron chi connectivity index (χ1n) is 4.73. The maximum Gasteiger partial charge on any atom is 0.310 e. The fourth-order valence-corrected chi connectivity index (χ4v) is 3.07. The summed E-state index contributed by atoms with van der Waals surface area (Å²) in [6, 6.07) is 0. The molecule has 4 heteroatoms. The summed E-state index contributed by atoms with van der Waals surface area (Å²) in [5.74, 6) is -0.0944. The molecule has 0 bridgehead atoms. The van der Waals surface area contributed by atoms with Crippen molar-refractivity contribution in [3.63, 3.8) is 0 Å². The van der Waals surface area contributed by atoms with Crippen molar-refractivity contribution in [2.45, 2.75) is 26.2 Å². The molecule has 1 aromatic heterocycles. The van der Waals surface area contributed by atoms with E-state index in [1.807, 2.05) is 0 Å². The van der Waals surface area contributed by atoms with Crippen molar-refractivity contribution in [2.24, 2.45) is 11.3 Å². The molecule has 0 aliphatic heterocycles. The fourth-order valence-electron chi connectivity index (χ4n) is 2.33. The minimum atomic E-state index is -0.649. The lowest BCUT2D eigenvalue weighted by atomic mass is 9.61. The molecular formula is C10H13NO2S. The lowest BCUT2D eigenvalue weighted by molar-refractivity contribution is -0.157. The van der Waals surface area contributed by atoms with E-state index in [1.54, 1.807) is 23.0 Å². The second-order valence-electron chi connectivity index (χ2n) is 4.24. The molecule has 2 rings (SSSR count). The molecule has 14 heavy (non-hydrogen) atoms. The van der Waals surface area contributed by atoms with Crippen molar-refractivity contribution in [3.8, 4) is 0 Å². The molecule has 0 spiro atoms. The van der Waals surface area contributed by atoms with Gasteiger partial charge in [0.2, 0.25) is 0 Å². The smallest absolute Gasteiger partial charge is 0.310 e. The average molecular weight is 211 g/mol. The van der Waals surface area contributed by atoms with Crippen molar-refractivity contribution in [3.05, 3.63) is 16.6 Å². The third kappa shape index (κ3) is 1.54. The zero-order valence-corrected chi connectivity index (χ0v) is 8.88. The quantitative estimate of drug-likeness (QED) is 0.833. The Morgan fingerprint density at radius 2 is 2.50 bits per heavy atom. The van der Waals surface area contributed by atoms with Crippen molar-refractivity contribution < 1.29 is 9.90 Å². The second kappa shape index (κ2) is 3.35. The van der Waals surface area contributed by atoms with Crippen LogP contribution in [0.4, 0.5) is 0 Å². The van der Waals surface area contributed by atoms with E-state index in [0.29, 0.717) is 12.3 Å². The highest BCUT2D eigenvalue weighted by atomic mass is 32.1. The van der Waals surface area contributed by atoms with Crippen LogP contribution in [0.1, 0.15) is 24.6 Å². The van der Waals surface area contributed by atoms with Gasteiger partial charge in [0.15, 0.2) is 0 Å². The molecule has 0 aromatic carbocycles. The van der Waals surface area contributed by atoms with Crippen LogP contribution in [0.2, 0.25) is 0 Å². The van der Waals surface area contributed by atoms with Gasteiger partial charge in [-0.05, 0) is 25.2 Å². The predicted molar refractivity (Wildman–Crippen MR) is 54.3 cm³/mol. The zero-order chi connectivity index (χ0) is 10.2. The molecule has 0 amide bonds. The number of hydrogen-bond acceptors (Lipinski definition) is 3. The van der Waals surface area contributed by atoms with Gasteiger partial charge in [-0.15, -0.1) is 11.3 Å². The number of aliphatic carboxylic acids is 1. The van der Waals surface area contributed by atoms with Crippen LogP contribution in [0.3, 0.4) is 0 Å². The topological polar surface area (TPSA) is 50.2 Å². The van der Waals surface area contributed by atoms with Crippen LogP contribution in [0, 0.1) is 11.3 Å². The Morgan fingerprint density at radius 3 is 2.93 bits per heavy atom. The minimum absolute atomic E-state index is 0.494. The number of rotatable bonds is 3. The lowest BCUT2D eigenvalue weighted by Gasteiger charge is -2.42. The zero-order valence-electron chi connectivity index (χ0n) is 8.06. The molecule has 76 valence electrons. The first-order valence-corrected chi connectivity index (χ1v) is 5.61. The van der Waals surface area contributed by atoms with Crippen LogP contribution in [-0.2, 0) is 11.2 Å². The Hall–Kier alpha value is -0.900. The minimum Gasteiger partial charge on any atom is -0.481 e. The third-order valence-corrected chi connectivity index (χ3v) is 3.71. The van der Waals surface area contributed by atoms with E-state index < -0.39 is 11.4 Å². The molecular weight excluding hydrogens is 198 g/mol. The van der Waals surface area contributed by atoms with Gasteiger partial charge in [0.1, 0.15) is 0 Å². The molecule has 0 radical (unpaired) electrons. The molecule has 1 aliphatic carbocycles. The highest BCUT2D eigenvalue weighted by Crippen LogP contribution is 2.48. The Labute approximate surface area is 86.8 Å². The predicted octanol–water partition coefficient (Wildman–Crippen LogP) is 2.19. The van der Waals surface area contributed by atoms with Gasteiger partial charge in [-0.2, -0.15) is 0 Å². The van der Waals surface area contributed by atoms with Gasteiger partial charge < -0.3 is 5.11 Å². The van der Waals surface area contributed by atoms with Gasteiger partial charge in [-0.3, -0.25) is 9.78 Å². The summed E-state index contributed by atoms with van der Waals surface area (Å²) in [5.41, 5.74) is 1.26. The summed E-state index contributed by atoms with van der Waals surface area (Å²) < 4.78 is 0. The standard InChI is InChI=1S/C10H13NO2S/c1-7-2-10(3-7,9(12)13)4-8-5-11-6-14-8/h5-7H,2-4H2,1H3,(H,12,13). The molecule has 1 aliphatic rings. The number of carboxylic acid groups (broad SMARTS) is 1. The first kappa shape index (κ1) is 9.65. The number of carbonyl (C=O) groups is 1. The van der Waals surface area contributed by atoms with Gasteiger partial charge in [-0.1, -0.05) is 6.92 Å². The van der Waals surface area contributed by atoms with Crippen LogP contribution < -0.4 is 0 Å². The van der Waals surface area contributed by atoms with Gasteiger partial charge in [0.05, 0.1) is 10.9 Å². The largest absolute Gasteiger partial charge is 0.481 e. The van der Waals surface area contributed by atoms with Crippen molar-refractivity contribution in [1.29, 1.82) is 0 Å². The van der Waals surface area contributed by atoms with Gasteiger partial charge >= 0.3 is 5.97 Å². The summed E-state index contributed by atoms with van der Waals surface area (Å²) in [6.45, 7) is 2.11. The normalized spacial score (nSPS) is 31.1. The van der Waals surface area contributed by atoms with Gasteiger partial charge in [0.25, 0.3) is 0 Å². The van der Waals surface area contributed by atoms with Gasteiger partial charge in [-0.25, -0.2) is 0 Å². The van der Waals surface area contributed by atoms with Crippen LogP contribution >= 0.6 is 11.3 Å². The van der Waals surface area contributed by atoms with E-state index in [-0.39, 0.29) is 0 Å². The Morgan fingerprint density at radius 1 is 1.79 bits per heavy atom. The Balaban J connectivity index is 2.10. The highest BCUT2D eigenvalue weighted by molar-refractivity contribution is 7.09. The highest BCUT2D eigenvalue weighted by Gasteiger charge is 2.48. The summed E-state index contributed by atoms with van der Waals surface area (Å²) in [7, 11) is 0. The van der Waals surface area contributed by atoms with E-state index in [0.717, 1.165) is 17.7 Å².